The summed E-state index contributed by atoms with van der Waals surface area (Å²) in [4.78, 5) is 18.0. The fourth-order valence-electron chi connectivity index (χ4n) is 2.83. The molecule has 1 atom stereocenters. The van der Waals surface area contributed by atoms with Crippen LogP contribution in [0, 0.1) is 6.92 Å². The highest BCUT2D eigenvalue weighted by atomic mass is 16.4. The van der Waals surface area contributed by atoms with Crippen LogP contribution in [-0.2, 0) is 4.79 Å². The van der Waals surface area contributed by atoms with Crippen LogP contribution in [0.2, 0.25) is 0 Å². The number of anilines is 1. The van der Waals surface area contributed by atoms with Crippen molar-refractivity contribution < 1.29 is 9.90 Å². The summed E-state index contributed by atoms with van der Waals surface area (Å²) in [7, 11) is 0. The molecule has 0 amide bonds. The predicted molar refractivity (Wildman–Crippen MR) is 70.8 cm³/mol. The van der Waals surface area contributed by atoms with Gasteiger partial charge in [0.05, 0.1) is 0 Å². The standard InChI is InChI=1S/C14H20N2O2/c1-3-7-14(13(17)18)8-4-9-16(14)12-6-5-11(2)10-15-12/h5-6,10H,3-4,7-9H2,1-2H3,(H,17,18). The van der Waals surface area contributed by atoms with Crippen LogP contribution in [0.3, 0.4) is 0 Å². The molecule has 2 rings (SSSR count). The average molecular weight is 248 g/mol. The minimum atomic E-state index is -0.753. The molecule has 1 aliphatic heterocycles. The van der Waals surface area contributed by atoms with Crippen LogP contribution < -0.4 is 4.90 Å². The number of aryl methyl sites for hydroxylation is 1. The van der Waals surface area contributed by atoms with Crippen molar-refractivity contribution in [1.29, 1.82) is 0 Å². The Morgan fingerprint density at radius 2 is 2.33 bits per heavy atom. The number of carboxylic acid groups (broad SMARTS) is 1. The van der Waals surface area contributed by atoms with Gasteiger partial charge in [0.25, 0.3) is 0 Å². The SMILES string of the molecule is CCCC1(C(=O)O)CCCN1c1ccc(C)cn1. The summed E-state index contributed by atoms with van der Waals surface area (Å²) in [5, 5.41) is 9.61. The molecule has 2 heterocycles. The van der Waals surface area contributed by atoms with Crippen molar-refractivity contribution in [3.63, 3.8) is 0 Å². The van der Waals surface area contributed by atoms with Crippen molar-refractivity contribution in [2.24, 2.45) is 0 Å². The van der Waals surface area contributed by atoms with Gasteiger partial charge in [-0.3, -0.25) is 0 Å². The van der Waals surface area contributed by atoms with Crippen molar-refractivity contribution in [2.75, 3.05) is 11.4 Å². The summed E-state index contributed by atoms with van der Waals surface area (Å²) in [6, 6.07) is 3.91. The second kappa shape index (κ2) is 4.96. The van der Waals surface area contributed by atoms with Gasteiger partial charge in [-0.25, -0.2) is 9.78 Å². The van der Waals surface area contributed by atoms with Gasteiger partial charge in [-0.1, -0.05) is 19.4 Å². The van der Waals surface area contributed by atoms with Gasteiger partial charge in [-0.2, -0.15) is 0 Å². The second-order valence-corrected chi connectivity index (χ2v) is 5.04. The summed E-state index contributed by atoms with van der Waals surface area (Å²) in [5.41, 5.74) is 0.339. The summed E-state index contributed by atoms with van der Waals surface area (Å²) in [6.45, 7) is 4.80. The lowest BCUT2D eigenvalue weighted by molar-refractivity contribution is -0.143. The van der Waals surface area contributed by atoms with Crippen molar-refractivity contribution >= 4 is 11.8 Å². The van der Waals surface area contributed by atoms with E-state index in [1.54, 1.807) is 6.20 Å². The van der Waals surface area contributed by atoms with E-state index in [9.17, 15) is 9.90 Å². The lowest BCUT2D eigenvalue weighted by atomic mass is 9.90. The number of hydrogen-bond acceptors (Lipinski definition) is 3. The molecule has 98 valence electrons. The zero-order chi connectivity index (χ0) is 13.2. The number of carbonyl (C=O) groups is 1. The van der Waals surface area contributed by atoms with Crippen LogP contribution in [-0.4, -0.2) is 28.1 Å². The van der Waals surface area contributed by atoms with E-state index in [0.717, 1.165) is 30.8 Å². The first-order valence-electron chi connectivity index (χ1n) is 6.54. The average Bonchev–Trinajstić information content (AvgIpc) is 2.76. The van der Waals surface area contributed by atoms with E-state index in [0.29, 0.717) is 12.8 Å². The molecule has 1 aromatic heterocycles. The molecule has 0 aromatic carbocycles. The Morgan fingerprint density at radius 3 is 2.89 bits per heavy atom. The largest absolute Gasteiger partial charge is 0.479 e. The third kappa shape index (κ3) is 2.07. The van der Waals surface area contributed by atoms with Crippen molar-refractivity contribution in [3.05, 3.63) is 23.9 Å². The third-order valence-electron chi connectivity index (χ3n) is 3.72. The second-order valence-electron chi connectivity index (χ2n) is 5.04. The van der Waals surface area contributed by atoms with Crippen LogP contribution in [0.15, 0.2) is 18.3 Å². The van der Waals surface area contributed by atoms with E-state index in [4.69, 9.17) is 0 Å². The molecule has 1 unspecified atom stereocenters. The number of carboxylic acids is 1. The van der Waals surface area contributed by atoms with Gasteiger partial charge in [0.1, 0.15) is 11.4 Å². The molecule has 1 N–H and O–H groups in total. The molecule has 18 heavy (non-hydrogen) atoms. The number of hydrogen-bond donors (Lipinski definition) is 1. The van der Waals surface area contributed by atoms with Crippen molar-refractivity contribution in [2.45, 2.75) is 45.1 Å². The fraction of sp³-hybridized carbons (Fsp3) is 0.571. The predicted octanol–water partition coefficient (Wildman–Crippen LogP) is 2.61. The summed E-state index contributed by atoms with van der Waals surface area (Å²) >= 11 is 0. The molecular formula is C14H20N2O2. The van der Waals surface area contributed by atoms with Gasteiger partial charge in [-0.15, -0.1) is 0 Å². The Bertz CT molecular complexity index is 430. The topological polar surface area (TPSA) is 53.4 Å². The third-order valence-corrected chi connectivity index (χ3v) is 3.72. The minimum Gasteiger partial charge on any atom is -0.479 e. The maximum atomic E-state index is 11.7. The molecule has 4 nitrogen and oxygen atoms in total. The molecule has 0 radical (unpaired) electrons. The first-order valence-corrected chi connectivity index (χ1v) is 6.54. The Balaban J connectivity index is 2.35. The Morgan fingerprint density at radius 1 is 1.56 bits per heavy atom. The van der Waals surface area contributed by atoms with Gasteiger partial charge < -0.3 is 10.0 Å². The van der Waals surface area contributed by atoms with E-state index in [2.05, 4.69) is 4.98 Å². The highest BCUT2D eigenvalue weighted by Gasteiger charge is 2.47. The molecule has 1 aromatic rings. The van der Waals surface area contributed by atoms with E-state index in [-0.39, 0.29) is 0 Å². The van der Waals surface area contributed by atoms with Crippen LogP contribution in [0.5, 0.6) is 0 Å². The molecular weight excluding hydrogens is 228 g/mol. The highest BCUT2D eigenvalue weighted by molar-refractivity contribution is 5.84. The molecule has 1 saturated heterocycles. The van der Waals surface area contributed by atoms with Crippen LogP contribution in [0.4, 0.5) is 5.82 Å². The maximum absolute atomic E-state index is 11.7. The van der Waals surface area contributed by atoms with Gasteiger partial charge in [-0.05, 0) is 37.8 Å². The lowest BCUT2D eigenvalue weighted by Gasteiger charge is -2.35. The number of nitrogens with zero attached hydrogens (tertiary/aromatic N) is 2. The lowest BCUT2D eigenvalue weighted by Crippen LogP contribution is -2.51. The van der Waals surface area contributed by atoms with E-state index >= 15 is 0 Å². The van der Waals surface area contributed by atoms with E-state index < -0.39 is 11.5 Å². The van der Waals surface area contributed by atoms with E-state index in [1.165, 1.54) is 0 Å². The number of pyridine rings is 1. The molecule has 0 bridgehead atoms. The fourth-order valence-corrected chi connectivity index (χ4v) is 2.83. The van der Waals surface area contributed by atoms with Gasteiger partial charge >= 0.3 is 5.97 Å². The normalized spacial score (nSPS) is 23.3. The molecule has 1 aliphatic rings. The summed E-state index contributed by atoms with van der Waals surface area (Å²) < 4.78 is 0. The monoisotopic (exact) mass is 248 g/mol. The minimum absolute atomic E-state index is 0.678. The summed E-state index contributed by atoms with van der Waals surface area (Å²) in [6.07, 6.45) is 4.98. The van der Waals surface area contributed by atoms with Gasteiger partial charge in [0.15, 0.2) is 0 Å². The smallest absolute Gasteiger partial charge is 0.329 e. The molecule has 0 spiro atoms. The number of rotatable bonds is 4. The van der Waals surface area contributed by atoms with Crippen LogP contribution in [0.1, 0.15) is 38.2 Å². The van der Waals surface area contributed by atoms with E-state index in [1.807, 2.05) is 30.9 Å². The maximum Gasteiger partial charge on any atom is 0.329 e. The van der Waals surface area contributed by atoms with Crippen LogP contribution >= 0.6 is 0 Å². The zero-order valence-corrected chi connectivity index (χ0v) is 11.0. The molecule has 4 heteroatoms. The summed E-state index contributed by atoms with van der Waals surface area (Å²) in [5.74, 6) is 0.0678. The zero-order valence-electron chi connectivity index (χ0n) is 11.0. The highest BCUT2D eigenvalue weighted by Crippen LogP contribution is 2.37. The first-order chi connectivity index (χ1) is 8.60. The molecule has 1 fully saturated rings. The first kappa shape index (κ1) is 12.9. The number of aliphatic carboxylic acids is 1. The van der Waals surface area contributed by atoms with Crippen molar-refractivity contribution in [1.82, 2.24) is 4.98 Å². The Hall–Kier alpha value is -1.58. The Kier molecular flexibility index (Phi) is 3.55. The molecule has 0 saturated carbocycles. The van der Waals surface area contributed by atoms with Gasteiger partial charge in [0, 0.05) is 12.7 Å². The van der Waals surface area contributed by atoms with Crippen LogP contribution in [0.25, 0.3) is 0 Å². The number of aromatic nitrogens is 1. The molecule has 0 aliphatic carbocycles. The Labute approximate surface area is 108 Å². The van der Waals surface area contributed by atoms with Crippen molar-refractivity contribution in [3.8, 4) is 0 Å². The quantitative estimate of drug-likeness (QED) is 0.890. The van der Waals surface area contributed by atoms with Gasteiger partial charge in [0.2, 0.25) is 0 Å².